The van der Waals surface area contributed by atoms with Crippen LogP contribution in [0.15, 0.2) is 17.1 Å². The van der Waals surface area contributed by atoms with Crippen LogP contribution in [0.25, 0.3) is 0 Å². The molecule has 0 aliphatic heterocycles. The van der Waals surface area contributed by atoms with Crippen LogP contribution in [0.2, 0.25) is 0 Å². The van der Waals surface area contributed by atoms with Gasteiger partial charge in [0.1, 0.15) is 5.56 Å². The van der Waals surface area contributed by atoms with E-state index in [9.17, 15) is 18.0 Å². The number of aryl methyl sites for hydroxylation is 1. The monoisotopic (exact) mass is 259 g/mol. The summed E-state index contributed by atoms with van der Waals surface area (Å²) in [7, 11) is -3.62. The minimum Gasteiger partial charge on any atom is -0.364 e. The number of carbonyl (C=O) groups is 1. The fourth-order valence-electron chi connectivity index (χ4n) is 1.15. The Morgan fingerprint density at radius 2 is 2.18 bits per heavy atom. The second kappa shape index (κ2) is 5.11. The van der Waals surface area contributed by atoms with E-state index in [4.69, 9.17) is 5.14 Å². The Labute approximate surface area is 98.1 Å². The maximum atomic E-state index is 11.5. The third-order valence-electron chi connectivity index (χ3n) is 1.97. The number of aromatic amines is 1. The average molecular weight is 259 g/mol. The summed E-state index contributed by atoms with van der Waals surface area (Å²) < 4.78 is 21.2. The van der Waals surface area contributed by atoms with E-state index in [0.29, 0.717) is 5.69 Å². The van der Waals surface area contributed by atoms with Gasteiger partial charge >= 0.3 is 0 Å². The third kappa shape index (κ3) is 4.37. The van der Waals surface area contributed by atoms with Crippen molar-refractivity contribution < 1.29 is 13.2 Å². The van der Waals surface area contributed by atoms with Crippen molar-refractivity contribution in [2.24, 2.45) is 5.14 Å². The molecule has 1 amide bonds. The molecule has 0 radical (unpaired) electrons. The topological polar surface area (TPSA) is 122 Å². The van der Waals surface area contributed by atoms with Crippen LogP contribution in [0.3, 0.4) is 0 Å². The number of hydrogen-bond donors (Lipinski definition) is 3. The third-order valence-corrected chi connectivity index (χ3v) is 2.75. The molecule has 0 saturated carbocycles. The number of hydrogen-bond acceptors (Lipinski definition) is 4. The van der Waals surface area contributed by atoms with Crippen molar-refractivity contribution in [1.82, 2.24) is 10.3 Å². The van der Waals surface area contributed by atoms with E-state index in [1.165, 1.54) is 12.3 Å². The molecule has 1 aromatic rings. The van der Waals surface area contributed by atoms with Crippen molar-refractivity contribution in [1.29, 1.82) is 0 Å². The Bertz CT molecular complexity index is 576. The highest BCUT2D eigenvalue weighted by molar-refractivity contribution is 7.89. The molecule has 0 atom stereocenters. The second-order valence-corrected chi connectivity index (χ2v) is 5.25. The van der Waals surface area contributed by atoms with Gasteiger partial charge in [0.05, 0.1) is 5.75 Å². The first-order valence-electron chi connectivity index (χ1n) is 4.77. The standard InChI is InChI=1S/C9H13N3O4S/c1-6-4-8(13)7(5-12-6)9(14)11-2-3-17(10,15)16/h4-5H,2-3H2,1H3,(H,11,14)(H,12,13)(H2,10,15,16). The van der Waals surface area contributed by atoms with Gasteiger partial charge in [-0.05, 0) is 6.92 Å². The molecule has 0 unspecified atom stereocenters. The normalized spacial score (nSPS) is 11.2. The van der Waals surface area contributed by atoms with E-state index < -0.39 is 21.4 Å². The molecule has 0 fully saturated rings. The molecule has 0 aliphatic carbocycles. The molecule has 1 rings (SSSR count). The lowest BCUT2D eigenvalue weighted by molar-refractivity contribution is 0.0954. The Morgan fingerprint density at radius 1 is 1.53 bits per heavy atom. The molecule has 8 heteroatoms. The zero-order valence-electron chi connectivity index (χ0n) is 9.19. The van der Waals surface area contributed by atoms with E-state index in [1.54, 1.807) is 6.92 Å². The van der Waals surface area contributed by atoms with E-state index >= 15 is 0 Å². The van der Waals surface area contributed by atoms with Crippen molar-refractivity contribution in [3.63, 3.8) is 0 Å². The second-order valence-electron chi connectivity index (χ2n) is 3.52. The maximum Gasteiger partial charge on any atom is 0.256 e. The Kier molecular flexibility index (Phi) is 4.02. The van der Waals surface area contributed by atoms with E-state index in [2.05, 4.69) is 10.3 Å². The summed E-state index contributed by atoms with van der Waals surface area (Å²) in [4.78, 5) is 25.6. The van der Waals surface area contributed by atoms with Gasteiger partial charge in [0, 0.05) is 24.5 Å². The summed E-state index contributed by atoms with van der Waals surface area (Å²) in [6, 6.07) is 1.29. The molecular weight excluding hydrogens is 246 g/mol. The zero-order chi connectivity index (χ0) is 13.1. The molecular formula is C9H13N3O4S. The number of amides is 1. The van der Waals surface area contributed by atoms with Gasteiger partial charge in [-0.3, -0.25) is 9.59 Å². The molecule has 0 aliphatic rings. The summed E-state index contributed by atoms with van der Waals surface area (Å²) in [6.45, 7) is 1.55. The van der Waals surface area contributed by atoms with Crippen LogP contribution in [0.1, 0.15) is 16.1 Å². The van der Waals surface area contributed by atoms with Crippen molar-refractivity contribution in [3.05, 3.63) is 33.7 Å². The number of pyridine rings is 1. The summed E-state index contributed by atoms with van der Waals surface area (Å²) in [6.07, 6.45) is 1.28. The molecule has 17 heavy (non-hydrogen) atoms. The zero-order valence-corrected chi connectivity index (χ0v) is 10.0. The van der Waals surface area contributed by atoms with Crippen LogP contribution in [0.4, 0.5) is 0 Å². The fraction of sp³-hybridized carbons (Fsp3) is 0.333. The lowest BCUT2D eigenvalue weighted by atomic mass is 10.2. The number of rotatable bonds is 4. The predicted octanol–water partition coefficient (Wildman–Crippen LogP) is -1.30. The molecule has 1 heterocycles. The molecule has 94 valence electrons. The van der Waals surface area contributed by atoms with Gasteiger partial charge in [-0.25, -0.2) is 13.6 Å². The Hall–Kier alpha value is -1.67. The van der Waals surface area contributed by atoms with Gasteiger partial charge in [-0.2, -0.15) is 0 Å². The summed E-state index contributed by atoms with van der Waals surface area (Å²) in [5.41, 5.74) is 0.149. The molecule has 0 saturated heterocycles. The first kappa shape index (κ1) is 13.4. The minimum absolute atomic E-state index is 0.0648. The quantitative estimate of drug-likeness (QED) is 0.622. The van der Waals surface area contributed by atoms with Crippen molar-refractivity contribution in [3.8, 4) is 0 Å². The number of H-pyrrole nitrogens is 1. The Morgan fingerprint density at radius 3 is 2.71 bits per heavy atom. The molecule has 0 bridgehead atoms. The van der Waals surface area contributed by atoms with Crippen LogP contribution in [0, 0.1) is 6.92 Å². The Balaban J connectivity index is 2.68. The number of nitrogens with one attached hydrogen (secondary N) is 2. The lowest BCUT2D eigenvalue weighted by Gasteiger charge is -2.03. The van der Waals surface area contributed by atoms with Crippen LogP contribution in [-0.2, 0) is 10.0 Å². The molecule has 7 nitrogen and oxygen atoms in total. The van der Waals surface area contributed by atoms with Crippen molar-refractivity contribution in [2.45, 2.75) is 6.92 Å². The number of sulfonamides is 1. The fourth-order valence-corrected chi connectivity index (χ4v) is 1.54. The smallest absolute Gasteiger partial charge is 0.256 e. The van der Waals surface area contributed by atoms with Gasteiger partial charge < -0.3 is 10.3 Å². The number of aromatic nitrogens is 1. The number of primary sulfonamides is 1. The summed E-state index contributed by atoms with van der Waals surface area (Å²) in [5, 5.41) is 7.06. The van der Waals surface area contributed by atoms with Gasteiger partial charge in [0.25, 0.3) is 5.91 Å². The average Bonchev–Trinajstić information content (AvgIpc) is 2.15. The largest absolute Gasteiger partial charge is 0.364 e. The predicted molar refractivity (Wildman–Crippen MR) is 62.1 cm³/mol. The van der Waals surface area contributed by atoms with Crippen LogP contribution >= 0.6 is 0 Å². The minimum atomic E-state index is -3.62. The van der Waals surface area contributed by atoms with Gasteiger partial charge in [-0.15, -0.1) is 0 Å². The van der Waals surface area contributed by atoms with Gasteiger partial charge in [0.2, 0.25) is 10.0 Å². The van der Waals surface area contributed by atoms with E-state index in [0.717, 1.165) is 0 Å². The summed E-state index contributed by atoms with van der Waals surface area (Å²) >= 11 is 0. The van der Waals surface area contributed by atoms with Gasteiger partial charge in [-0.1, -0.05) is 0 Å². The maximum absolute atomic E-state index is 11.5. The van der Waals surface area contributed by atoms with E-state index in [1.807, 2.05) is 0 Å². The van der Waals surface area contributed by atoms with Gasteiger partial charge in [0.15, 0.2) is 5.43 Å². The van der Waals surface area contributed by atoms with Crippen molar-refractivity contribution in [2.75, 3.05) is 12.3 Å². The van der Waals surface area contributed by atoms with E-state index in [-0.39, 0.29) is 17.9 Å². The lowest BCUT2D eigenvalue weighted by Crippen LogP contribution is -2.34. The number of carbonyl (C=O) groups excluding carboxylic acids is 1. The molecule has 0 aromatic carbocycles. The van der Waals surface area contributed by atoms with Crippen LogP contribution < -0.4 is 15.9 Å². The first-order chi connectivity index (χ1) is 7.79. The highest BCUT2D eigenvalue weighted by Gasteiger charge is 2.10. The highest BCUT2D eigenvalue weighted by Crippen LogP contribution is 1.92. The van der Waals surface area contributed by atoms with Crippen molar-refractivity contribution >= 4 is 15.9 Å². The summed E-state index contributed by atoms with van der Waals surface area (Å²) in [5.74, 6) is -1.00. The molecule has 1 aromatic heterocycles. The first-order valence-corrected chi connectivity index (χ1v) is 6.49. The molecule has 4 N–H and O–H groups in total. The highest BCUT2D eigenvalue weighted by atomic mass is 32.2. The van der Waals surface area contributed by atoms with Crippen LogP contribution in [0.5, 0.6) is 0 Å². The SMILES string of the molecule is Cc1cc(=O)c(C(=O)NCCS(N)(=O)=O)c[nH]1. The molecule has 0 spiro atoms. The number of nitrogens with two attached hydrogens (primary N) is 1. The van der Waals surface area contributed by atoms with Crippen LogP contribution in [-0.4, -0.2) is 31.6 Å².